The topological polar surface area (TPSA) is 38.8 Å². The predicted octanol–water partition coefficient (Wildman–Crippen LogP) is 3.62. The molecule has 0 aliphatic carbocycles. The number of ether oxygens (including phenoxy) is 2. The second-order valence-corrected chi connectivity index (χ2v) is 5.83. The number of hydrogen-bond acceptors (Lipinski definition) is 3. The quantitative estimate of drug-likeness (QED) is 0.852. The molecule has 1 fully saturated rings. The Hall–Kier alpha value is -1.42. The van der Waals surface area contributed by atoms with Gasteiger partial charge in [-0.1, -0.05) is 18.5 Å². The second kappa shape index (κ2) is 7.03. The molecule has 1 aliphatic heterocycles. The van der Waals surface area contributed by atoms with E-state index in [1.54, 1.807) is 19.2 Å². The zero-order chi connectivity index (χ0) is 15.4. The SMILES string of the molecule is CCOc1c(Cl)cc(C(=O)N2CCCC(C)C2)cc1OC. The van der Waals surface area contributed by atoms with Crippen LogP contribution >= 0.6 is 11.6 Å². The van der Waals surface area contributed by atoms with Gasteiger partial charge in [0.05, 0.1) is 18.7 Å². The van der Waals surface area contributed by atoms with Crippen LogP contribution in [0.1, 0.15) is 37.0 Å². The molecule has 0 N–H and O–H groups in total. The van der Waals surface area contributed by atoms with Crippen molar-refractivity contribution >= 4 is 17.5 Å². The van der Waals surface area contributed by atoms with Gasteiger partial charge in [-0.15, -0.1) is 0 Å². The Balaban J connectivity index is 2.27. The van der Waals surface area contributed by atoms with E-state index < -0.39 is 0 Å². The summed E-state index contributed by atoms with van der Waals surface area (Å²) in [7, 11) is 1.55. The lowest BCUT2D eigenvalue weighted by atomic mass is 9.99. The van der Waals surface area contributed by atoms with Crippen molar-refractivity contribution in [1.82, 2.24) is 4.90 Å². The van der Waals surface area contributed by atoms with Gasteiger partial charge < -0.3 is 14.4 Å². The maximum absolute atomic E-state index is 12.6. The molecule has 1 aromatic carbocycles. The number of carbonyl (C=O) groups excluding carboxylic acids is 1. The fourth-order valence-corrected chi connectivity index (χ4v) is 2.95. The van der Waals surface area contributed by atoms with E-state index in [4.69, 9.17) is 21.1 Å². The first kappa shape index (κ1) is 16.0. The van der Waals surface area contributed by atoms with Gasteiger partial charge >= 0.3 is 0 Å². The summed E-state index contributed by atoms with van der Waals surface area (Å²) in [6.45, 7) is 6.14. The third-order valence-corrected chi connectivity index (χ3v) is 3.99. The molecule has 0 spiro atoms. The molecule has 5 heteroatoms. The van der Waals surface area contributed by atoms with Crippen LogP contribution in [0.3, 0.4) is 0 Å². The fraction of sp³-hybridized carbons (Fsp3) is 0.562. The lowest BCUT2D eigenvalue weighted by molar-refractivity contribution is 0.0682. The number of nitrogens with zero attached hydrogens (tertiary/aromatic N) is 1. The van der Waals surface area contributed by atoms with Crippen LogP contribution in [0.2, 0.25) is 5.02 Å². The van der Waals surface area contributed by atoms with Gasteiger partial charge in [0.15, 0.2) is 11.5 Å². The highest BCUT2D eigenvalue weighted by molar-refractivity contribution is 6.32. The van der Waals surface area contributed by atoms with E-state index >= 15 is 0 Å². The van der Waals surface area contributed by atoms with Crippen LogP contribution in [-0.2, 0) is 0 Å². The largest absolute Gasteiger partial charge is 0.493 e. The van der Waals surface area contributed by atoms with Gasteiger partial charge in [-0.3, -0.25) is 4.79 Å². The number of likely N-dealkylation sites (tertiary alicyclic amines) is 1. The zero-order valence-electron chi connectivity index (χ0n) is 12.8. The Morgan fingerprint density at radius 2 is 2.24 bits per heavy atom. The van der Waals surface area contributed by atoms with E-state index in [2.05, 4.69) is 6.92 Å². The first-order chi connectivity index (χ1) is 10.1. The Morgan fingerprint density at radius 1 is 1.48 bits per heavy atom. The minimum atomic E-state index is 0.00444. The molecule has 2 rings (SSSR count). The number of rotatable bonds is 4. The molecule has 0 saturated carbocycles. The van der Waals surface area contributed by atoms with E-state index in [1.165, 1.54) is 6.42 Å². The first-order valence-electron chi connectivity index (χ1n) is 7.36. The molecule has 1 aliphatic rings. The highest BCUT2D eigenvalue weighted by atomic mass is 35.5. The molecule has 0 aromatic heterocycles. The van der Waals surface area contributed by atoms with Gasteiger partial charge in [0.2, 0.25) is 0 Å². The van der Waals surface area contributed by atoms with Crippen molar-refractivity contribution in [2.24, 2.45) is 5.92 Å². The Kier molecular flexibility index (Phi) is 5.34. The third kappa shape index (κ3) is 3.62. The van der Waals surface area contributed by atoms with Gasteiger partial charge in [0, 0.05) is 18.7 Å². The zero-order valence-corrected chi connectivity index (χ0v) is 13.6. The van der Waals surface area contributed by atoms with Crippen molar-refractivity contribution in [3.8, 4) is 11.5 Å². The van der Waals surface area contributed by atoms with Crippen LogP contribution < -0.4 is 9.47 Å². The van der Waals surface area contributed by atoms with Gasteiger partial charge in [-0.05, 0) is 37.8 Å². The first-order valence-corrected chi connectivity index (χ1v) is 7.74. The molecular weight excluding hydrogens is 290 g/mol. The molecule has 1 atom stereocenters. The molecule has 0 bridgehead atoms. The monoisotopic (exact) mass is 311 g/mol. The summed E-state index contributed by atoms with van der Waals surface area (Å²) >= 11 is 6.23. The van der Waals surface area contributed by atoms with Crippen LogP contribution in [0.4, 0.5) is 0 Å². The highest BCUT2D eigenvalue weighted by Gasteiger charge is 2.24. The Labute approximate surface area is 131 Å². The summed E-state index contributed by atoms with van der Waals surface area (Å²) in [5, 5.41) is 0.407. The van der Waals surface area contributed by atoms with E-state index in [0.29, 0.717) is 34.6 Å². The van der Waals surface area contributed by atoms with Crippen LogP contribution in [0.15, 0.2) is 12.1 Å². The molecule has 21 heavy (non-hydrogen) atoms. The number of piperidine rings is 1. The maximum Gasteiger partial charge on any atom is 0.254 e. The molecule has 1 heterocycles. The average molecular weight is 312 g/mol. The number of hydrogen-bond donors (Lipinski definition) is 0. The number of carbonyl (C=O) groups is 1. The van der Waals surface area contributed by atoms with Gasteiger partial charge in [0.1, 0.15) is 0 Å². The highest BCUT2D eigenvalue weighted by Crippen LogP contribution is 2.37. The number of benzene rings is 1. The average Bonchev–Trinajstić information content (AvgIpc) is 2.48. The number of halogens is 1. The van der Waals surface area contributed by atoms with Crippen LogP contribution in [0.5, 0.6) is 11.5 Å². The van der Waals surface area contributed by atoms with E-state index in [1.807, 2.05) is 11.8 Å². The molecule has 1 amide bonds. The fourth-order valence-electron chi connectivity index (χ4n) is 2.68. The number of amides is 1. The molecule has 4 nitrogen and oxygen atoms in total. The van der Waals surface area contributed by atoms with Crippen molar-refractivity contribution in [3.63, 3.8) is 0 Å². The lowest BCUT2D eigenvalue weighted by Crippen LogP contribution is -2.39. The summed E-state index contributed by atoms with van der Waals surface area (Å²) in [6.07, 6.45) is 2.23. The van der Waals surface area contributed by atoms with Crippen molar-refractivity contribution in [2.45, 2.75) is 26.7 Å². The molecule has 1 saturated heterocycles. The van der Waals surface area contributed by atoms with E-state index in [9.17, 15) is 4.79 Å². The molecule has 1 unspecified atom stereocenters. The lowest BCUT2D eigenvalue weighted by Gasteiger charge is -2.31. The molecule has 116 valence electrons. The standard InChI is InChI=1S/C16H22ClNO3/c1-4-21-15-13(17)8-12(9-14(15)20-3)16(19)18-7-5-6-11(2)10-18/h8-9,11H,4-7,10H2,1-3H3. The predicted molar refractivity (Wildman–Crippen MR) is 83.5 cm³/mol. The van der Waals surface area contributed by atoms with E-state index in [-0.39, 0.29) is 5.91 Å². The van der Waals surface area contributed by atoms with Crippen molar-refractivity contribution < 1.29 is 14.3 Å². The summed E-state index contributed by atoms with van der Waals surface area (Å²) in [5.74, 6) is 1.54. The minimum absolute atomic E-state index is 0.00444. The van der Waals surface area contributed by atoms with E-state index in [0.717, 1.165) is 19.5 Å². The third-order valence-electron chi connectivity index (χ3n) is 3.71. The summed E-state index contributed by atoms with van der Waals surface area (Å²) < 4.78 is 10.8. The summed E-state index contributed by atoms with van der Waals surface area (Å²) in [5.41, 5.74) is 0.550. The molecular formula is C16H22ClNO3. The summed E-state index contributed by atoms with van der Waals surface area (Å²) in [4.78, 5) is 14.5. The van der Waals surface area contributed by atoms with Crippen molar-refractivity contribution in [3.05, 3.63) is 22.7 Å². The number of methoxy groups -OCH3 is 1. The Bertz CT molecular complexity index is 518. The van der Waals surface area contributed by atoms with Crippen molar-refractivity contribution in [1.29, 1.82) is 0 Å². The second-order valence-electron chi connectivity index (χ2n) is 5.42. The Morgan fingerprint density at radius 3 is 2.86 bits per heavy atom. The van der Waals surface area contributed by atoms with Crippen molar-refractivity contribution in [2.75, 3.05) is 26.8 Å². The smallest absolute Gasteiger partial charge is 0.254 e. The van der Waals surface area contributed by atoms with Crippen LogP contribution in [-0.4, -0.2) is 37.6 Å². The maximum atomic E-state index is 12.6. The molecule has 1 aromatic rings. The van der Waals surface area contributed by atoms with Crippen LogP contribution in [0, 0.1) is 5.92 Å². The van der Waals surface area contributed by atoms with Gasteiger partial charge in [-0.25, -0.2) is 0 Å². The minimum Gasteiger partial charge on any atom is -0.493 e. The normalized spacial score (nSPS) is 18.5. The van der Waals surface area contributed by atoms with Gasteiger partial charge in [0.25, 0.3) is 5.91 Å². The van der Waals surface area contributed by atoms with Gasteiger partial charge in [-0.2, -0.15) is 0 Å². The summed E-state index contributed by atoms with van der Waals surface area (Å²) in [6, 6.07) is 3.37. The molecule has 0 radical (unpaired) electrons. The van der Waals surface area contributed by atoms with Crippen LogP contribution in [0.25, 0.3) is 0 Å².